The van der Waals surface area contributed by atoms with E-state index in [0.717, 1.165) is 0 Å². The molecule has 0 radical (unpaired) electrons. The molecule has 1 heterocycles. The van der Waals surface area contributed by atoms with Gasteiger partial charge in [-0.15, -0.1) is 0 Å². The van der Waals surface area contributed by atoms with E-state index < -0.39 is 71.1 Å². The van der Waals surface area contributed by atoms with Crippen molar-refractivity contribution in [2.75, 3.05) is 6.79 Å². The lowest BCUT2D eigenvalue weighted by Gasteiger charge is -2.42. The van der Waals surface area contributed by atoms with E-state index in [1.807, 2.05) is 13.8 Å². The zero-order valence-corrected chi connectivity index (χ0v) is 25.3. The van der Waals surface area contributed by atoms with Crippen molar-refractivity contribution in [3.05, 3.63) is 35.6 Å². The number of nitrogens with one attached hydrogen (secondary N) is 1. The second kappa shape index (κ2) is 13.0. The van der Waals surface area contributed by atoms with Crippen LogP contribution >= 0.6 is 0 Å². The fraction of sp³-hybridized carbons (Fsp3) is 0.667. The average molecular weight is 565 g/mol. The van der Waals surface area contributed by atoms with Crippen molar-refractivity contribution in [3.8, 4) is 0 Å². The number of alkyl carbamates (subject to hydrolysis) is 1. The lowest BCUT2D eigenvalue weighted by Crippen LogP contribution is -2.56. The Hall–Kier alpha value is -3.17. The lowest BCUT2D eigenvalue weighted by atomic mass is 9.74. The summed E-state index contributed by atoms with van der Waals surface area (Å²) >= 11 is 0. The van der Waals surface area contributed by atoms with Crippen LogP contribution in [0.4, 0.5) is 9.18 Å². The van der Waals surface area contributed by atoms with Crippen LogP contribution in [-0.4, -0.2) is 53.3 Å². The first-order valence-corrected chi connectivity index (χ1v) is 13.9. The number of benzene rings is 1. The second-order valence-electron chi connectivity index (χ2n) is 12.4. The molecule has 0 bridgehead atoms. The topological polar surface area (TPSA) is 111 Å². The average Bonchev–Trinajstić information content (AvgIpc) is 3.28. The van der Waals surface area contributed by atoms with Crippen LogP contribution in [0.2, 0.25) is 0 Å². The number of esters is 2. The van der Waals surface area contributed by atoms with Crippen LogP contribution in [0.15, 0.2) is 24.3 Å². The molecule has 10 heteroatoms. The van der Waals surface area contributed by atoms with Gasteiger partial charge in [0.15, 0.2) is 0 Å². The molecule has 0 saturated carbocycles. The van der Waals surface area contributed by atoms with Crippen LogP contribution in [0.3, 0.4) is 0 Å². The Morgan fingerprint density at radius 3 is 2.12 bits per heavy atom. The summed E-state index contributed by atoms with van der Waals surface area (Å²) in [6.07, 6.45) is 0.864. The van der Waals surface area contributed by atoms with Crippen molar-refractivity contribution in [2.24, 2.45) is 10.8 Å². The molecule has 9 nitrogen and oxygen atoms in total. The summed E-state index contributed by atoms with van der Waals surface area (Å²) in [6.45, 7) is 14.9. The zero-order valence-electron chi connectivity index (χ0n) is 25.3. The van der Waals surface area contributed by atoms with Crippen molar-refractivity contribution in [1.82, 2.24) is 10.2 Å². The standard InChI is InChI=1S/C30H45FN2O7/c1-10-30(11-2,26(36)39-18-38-25(35)28(4,5)6)23-16-15-22(20-13-12-14-21(31)17-20)33(23)24(34)19(3)32-27(37)40-29(7,8)9/h12-14,17,19,22-23H,10-11,15-16,18H2,1-9H3,(H,32,37)/t19-,22+,23-/m1/s1. The molecule has 1 N–H and O–H groups in total. The second-order valence-corrected chi connectivity index (χ2v) is 12.4. The summed E-state index contributed by atoms with van der Waals surface area (Å²) in [5.41, 5.74) is -2.05. The highest BCUT2D eigenvalue weighted by Gasteiger charge is 2.53. The summed E-state index contributed by atoms with van der Waals surface area (Å²) in [5.74, 6) is -1.97. The molecule has 1 aromatic carbocycles. The number of amides is 2. The number of carbonyl (C=O) groups is 4. The number of ether oxygens (including phenoxy) is 3. The van der Waals surface area contributed by atoms with E-state index in [1.54, 1.807) is 65.5 Å². The van der Waals surface area contributed by atoms with Gasteiger partial charge in [0.1, 0.15) is 17.5 Å². The van der Waals surface area contributed by atoms with Crippen molar-refractivity contribution in [3.63, 3.8) is 0 Å². The van der Waals surface area contributed by atoms with E-state index in [1.165, 1.54) is 12.1 Å². The van der Waals surface area contributed by atoms with E-state index in [9.17, 15) is 23.6 Å². The summed E-state index contributed by atoms with van der Waals surface area (Å²) in [4.78, 5) is 53.8. The third-order valence-electron chi connectivity index (χ3n) is 7.28. The SMILES string of the molecule is CCC(CC)(C(=O)OCOC(=O)C(C)(C)C)[C@H]1CC[C@@H](c2cccc(F)c2)N1C(=O)[C@@H](C)NC(=O)OC(C)(C)C. The van der Waals surface area contributed by atoms with Crippen molar-refractivity contribution >= 4 is 23.9 Å². The molecular formula is C30H45FN2O7. The van der Waals surface area contributed by atoms with Crippen LogP contribution in [0.5, 0.6) is 0 Å². The number of nitrogens with zero attached hydrogens (tertiary/aromatic N) is 1. The summed E-state index contributed by atoms with van der Waals surface area (Å²) in [6, 6.07) is 3.90. The first kappa shape index (κ1) is 33.0. The van der Waals surface area contributed by atoms with Gasteiger partial charge >= 0.3 is 18.0 Å². The maximum absolute atomic E-state index is 14.2. The van der Waals surface area contributed by atoms with Gasteiger partial charge in [0.2, 0.25) is 12.7 Å². The van der Waals surface area contributed by atoms with E-state index in [-0.39, 0.29) is 0 Å². The quantitative estimate of drug-likeness (QED) is 0.304. The van der Waals surface area contributed by atoms with Crippen LogP contribution in [-0.2, 0) is 28.6 Å². The molecule has 2 amide bonds. The molecule has 1 aromatic rings. The Morgan fingerprint density at radius 2 is 1.60 bits per heavy atom. The monoisotopic (exact) mass is 564 g/mol. The van der Waals surface area contributed by atoms with E-state index >= 15 is 0 Å². The smallest absolute Gasteiger partial charge is 0.408 e. The number of rotatable bonds is 9. The van der Waals surface area contributed by atoms with Gasteiger partial charge in [-0.3, -0.25) is 14.4 Å². The van der Waals surface area contributed by atoms with Gasteiger partial charge in [0.05, 0.1) is 16.9 Å². The third kappa shape index (κ3) is 7.95. The minimum absolute atomic E-state index is 0.341. The number of carbonyl (C=O) groups excluding carboxylic acids is 4. The maximum atomic E-state index is 14.2. The number of hydrogen-bond donors (Lipinski definition) is 1. The normalized spacial score (nSPS) is 18.6. The summed E-state index contributed by atoms with van der Waals surface area (Å²) < 4.78 is 30.2. The Morgan fingerprint density at radius 1 is 1.00 bits per heavy atom. The number of halogens is 1. The predicted octanol–water partition coefficient (Wildman–Crippen LogP) is 5.67. The number of hydrogen-bond acceptors (Lipinski definition) is 7. The molecule has 1 aliphatic rings. The zero-order chi connectivity index (χ0) is 30.5. The van der Waals surface area contributed by atoms with Crippen LogP contribution in [0.1, 0.15) is 99.6 Å². The fourth-order valence-electron chi connectivity index (χ4n) is 5.11. The van der Waals surface area contributed by atoms with Crippen molar-refractivity contribution in [1.29, 1.82) is 0 Å². The van der Waals surface area contributed by atoms with E-state index in [0.29, 0.717) is 31.2 Å². The molecule has 0 aromatic heterocycles. The molecular weight excluding hydrogens is 519 g/mol. The molecule has 40 heavy (non-hydrogen) atoms. The predicted molar refractivity (Wildman–Crippen MR) is 147 cm³/mol. The molecule has 2 rings (SSSR count). The molecule has 0 aliphatic carbocycles. The van der Waals surface area contributed by atoms with Crippen molar-refractivity contribution in [2.45, 2.75) is 112 Å². The largest absolute Gasteiger partial charge is 0.444 e. The maximum Gasteiger partial charge on any atom is 0.408 e. The minimum atomic E-state index is -1.13. The Labute approximate surface area is 237 Å². The van der Waals surface area contributed by atoms with Crippen LogP contribution < -0.4 is 5.32 Å². The van der Waals surface area contributed by atoms with Gasteiger partial charge in [-0.1, -0.05) is 26.0 Å². The van der Waals surface area contributed by atoms with Crippen LogP contribution in [0.25, 0.3) is 0 Å². The highest BCUT2D eigenvalue weighted by molar-refractivity contribution is 5.87. The fourth-order valence-corrected chi connectivity index (χ4v) is 5.11. The Balaban J connectivity index is 2.41. The highest BCUT2D eigenvalue weighted by atomic mass is 19.1. The molecule has 1 saturated heterocycles. The molecule has 1 aliphatic heterocycles. The van der Waals surface area contributed by atoms with E-state index in [2.05, 4.69) is 5.32 Å². The van der Waals surface area contributed by atoms with Gasteiger partial charge < -0.3 is 24.4 Å². The minimum Gasteiger partial charge on any atom is -0.444 e. The molecule has 1 fully saturated rings. The summed E-state index contributed by atoms with van der Waals surface area (Å²) in [5, 5.41) is 2.59. The number of likely N-dealkylation sites (tertiary alicyclic amines) is 1. The van der Waals surface area contributed by atoms with Crippen LogP contribution in [0, 0.1) is 16.6 Å². The molecule has 0 unspecified atom stereocenters. The Kier molecular flexibility index (Phi) is 10.7. The first-order valence-electron chi connectivity index (χ1n) is 13.9. The highest BCUT2D eigenvalue weighted by Crippen LogP contribution is 2.47. The van der Waals surface area contributed by atoms with Gasteiger partial charge in [-0.25, -0.2) is 9.18 Å². The third-order valence-corrected chi connectivity index (χ3v) is 7.28. The van der Waals surface area contributed by atoms with Gasteiger partial charge in [0, 0.05) is 6.04 Å². The first-order chi connectivity index (χ1) is 18.5. The van der Waals surface area contributed by atoms with E-state index in [4.69, 9.17) is 14.2 Å². The molecule has 0 spiro atoms. The van der Waals surface area contributed by atoms with Crippen molar-refractivity contribution < 1.29 is 37.8 Å². The summed E-state index contributed by atoms with van der Waals surface area (Å²) in [7, 11) is 0. The Bertz CT molecular complexity index is 1070. The van der Waals surface area contributed by atoms with Gasteiger partial charge in [0.25, 0.3) is 0 Å². The molecule has 3 atom stereocenters. The lowest BCUT2D eigenvalue weighted by molar-refractivity contribution is -0.183. The van der Waals surface area contributed by atoms with Gasteiger partial charge in [-0.05, 0) is 91.8 Å². The molecule has 224 valence electrons. The van der Waals surface area contributed by atoms with Gasteiger partial charge in [-0.2, -0.15) is 0 Å².